The van der Waals surface area contributed by atoms with E-state index in [2.05, 4.69) is 19.2 Å². The quantitative estimate of drug-likeness (QED) is 0.895. The van der Waals surface area contributed by atoms with E-state index in [9.17, 15) is 14.0 Å². The Kier molecular flexibility index (Phi) is 4.95. The zero-order valence-corrected chi connectivity index (χ0v) is 15.7. The summed E-state index contributed by atoms with van der Waals surface area (Å²) in [5, 5.41) is 3.17. The van der Waals surface area contributed by atoms with Gasteiger partial charge in [0.25, 0.3) is 0 Å². The van der Waals surface area contributed by atoms with E-state index >= 15 is 0 Å². The van der Waals surface area contributed by atoms with E-state index in [-0.39, 0.29) is 29.3 Å². The number of carbonyl (C=O) groups excluding carboxylic acids is 2. The first kappa shape index (κ1) is 18.7. The minimum absolute atomic E-state index is 0.00342. The summed E-state index contributed by atoms with van der Waals surface area (Å²) in [5.41, 5.74) is 0.116. The first-order valence-corrected chi connectivity index (χ1v) is 9.29. The molecule has 6 heteroatoms. The highest BCUT2D eigenvalue weighted by molar-refractivity contribution is 5.93. The van der Waals surface area contributed by atoms with E-state index in [0.717, 1.165) is 12.0 Å². The number of likely N-dealkylation sites (tertiary alicyclic amines) is 1. The van der Waals surface area contributed by atoms with Crippen LogP contribution in [0.2, 0.25) is 0 Å². The number of piperidine rings is 1. The van der Waals surface area contributed by atoms with Crippen LogP contribution in [0.4, 0.5) is 9.18 Å². The molecule has 1 atom stereocenters. The fraction of sp³-hybridized carbons (Fsp3) is 0.600. The average Bonchev–Trinajstić information content (AvgIpc) is 3.20. The number of rotatable bonds is 4. The summed E-state index contributed by atoms with van der Waals surface area (Å²) in [6, 6.07) is 6.30. The molecule has 1 aromatic carbocycles. The molecular weight excluding hydrogens is 335 g/mol. The number of amides is 2. The van der Waals surface area contributed by atoms with Gasteiger partial charge in [-0.2, -0.15) is 0 Å². The molecular formula is C20H27FN2O3. The first-order valence-electron chi connectivity index (χ1n) is 9.29. The third-order valence-electron chi connectivity index (χ3n) is 5.82. The summed E-state index contributed by atoms with van der Waals surface area (Å²) in [4.78, 5) is 26.6. The molecule has 3 rings (SSSR count). The van der Waals surface area contributed by atoms with Gasteiger partial charge in [0, 0.05) is 19.1 Å². The lowest BCUT2D eigenvalue weighted by molar-refractivity contribution is -0.125. The Balaban J connectivity index is 1.64. The number of benzene rings is 1. The highest BCUT2D eigenvalue weighted by Gasteiger charge is 2.67. The fourth-order valence-electron chi connectivity index (χ4n) is 4.09. The molecule has 142 valence electrons. The maximum absolute atomic E-state index is 13.3. The van der Waals surface area contributed by atoms with Crippen molar-refractivity contribution in [2.24, 2.45) is 5.41 Å². The monoisotopic (exact) mass is 362 g/mol. The second kappa shape index (κ2) is 6.89. The van der Waals surface area contributed by atoms with Crippen LogP contribution < -0.4 is 5.32 Å². The van der Waals surface area contributed by atoms with Crippen LogP contribution in [0.3, 0.4) is 0 Å². The second-order valence-corrected chi connectivity index (χ2v) is 7.91. The topological polar surface area (TPSA) is 58.6 Å². The number of carbonyl (C=O) groups is 2. The van der Waals surface area contributed by atoms with Crippen LogP contribution in [0, 0.1) is 11.2 Å². The molecule has 1 heterocycles. The Labute approximate surface area is 153 Å². The summed E-state index contributed by atoms with van der Waals surface area (Å²) in [5.74, 6) is -0.294. The lowest BCUT2D eigenvalue weighted by atomic mass is 9.86. The van der Waals surface area contributed by atoms with E-state index < -0.39 is 5.41 Å². The Hall–Kier alpha value is -2.11. The van der Waals surface area contributed by atoms with Gasteiger partial charge in [-0.3, -0.25) is 4.79 Å². The zero-order chi connectivity index (χ0) is 18.9. The standard InChI is InChI=1S/C20H27FN2O3/c1-4-26-18(25)23-11-9-16(10-12-23)22-17(24)20(13-19(20,2)3)14-5-7-15(21)8-6-14/h5-8,16H,4,9-13H2,1-3H3,(H,22,24). The van der Waals surface area contributed by atoms with Crippen molar-refractivity contribution in [3.63, 3.8) is 0 Å². The third-order valence-corrected chi connectivity index (χ3v) is 5.82. The van der Waals surface area contributed by atoms with Crippen molar-refractivity contribution in [3.05, 3.63) is 35.6 Å². The van der Waals surface area contributed by atoms with Gasteiger partial charge >= 0.3 is 6.09 Å². The molecule has 26 heavy (non-hydrogen) atoms. The number of hydrogen-bond donors (Lipinski definition) is 1. The third kappa shape index (κ3) is 3.29. The van der Waals surface area contributed by atoms with Crippen molar-refractivity contribution in [1.82, 2.24) is 10.2 Å². The van der Waals surface area contributed by atoms with Gasteiger partial charge in [0.05, 0.1) is 12.0 Å². The molecule has 1 saturated heterocycles. The van der Waals surface area contributed by atoms with Crippen molar-refractivity contribution in [3.8, 4) is 0 Å². The van der Waals surface area contributed by atoms with Crippen LogP contribution in [-0.2, 0) is 14.9 Å². The smallest absolute Gasteiger partial charge is 0.409 e. The number of nitrogens with zero attached hydrogens (tertiary/aromatic N) is 1. The van der Waals surface area contributed by atoms with E-state index in [1.165, 1.54) is 12.1 Å². The van der Waals surface area contributed by atoms with E-state index in [1.54, 1.807) is 24.0 Å². The number of ether oxygens (including phenoxy) is 1. The highest BCUT2D eigenvalue weighted by Crippen LogP contribution is 2.64. The minimum atomic E-state index is -0.598. The van der Waals surface area contributed by atoms with Crippen LogP contribution in [-0.4, -0.2) is 42.6 Å². The van der Waals surface area contributed by atoms with Crippen molar-refractivity contribution in [1.29, 1.82) is 0 Å². The molecule has 0 aromatic heterocycles. The fourth-order valence-corrected chi connectivity index (χ4v) is 4.09. The molecule has 2 amide bonds. The lowest BCUT2D eigenvalue weighted by Crippen LogP contribution is -2.49. The summed E-state index contributed by atoms with van der Waals surface area (Å²) in [7, 11) is 0. The molecule has 5 nitrogen and oxygen atoms in total. The predicted molar refractivity (Wildman–Crippen MR) is 96.2 cm³/mol. The Morgan fingerprint density at radius 1 is 1.23 bits per heavy atom. The van der Waals surface area contributed by atoms with Gasteiger partial charge in [-0.1, -0.05) is 26.0 Å². The number of nitrogens with one attached hydrogen (secondary N) is 1. The maximum Gasteiger partial charge on any atom is 0.409 e. The molecule has 1 aliphatic heterocycles. The van der Waals surface area contributed by atoms with Crippen LogP contribution in [0.1, 0.15) is 45.6 Å². The Morgan fingerprint density at radius 3 is 2.31 bits per heavy atom. The molecule has 1 aromatic rings. The van der Waals surface area contributed by atoms with Crippen LogP contribution in [0.25, 0.3) is 0 Å². The van der Waals surface area contributed by atoms with Gasteiger partial charge < -0.3 is 15.0 Å². The summed E-state index contributed by atoms with van der Waals surface area (Å²) in [6.07, 6.45) is 1.89. The van der Waals surface area contributed by atoms with Gasteiger partial charge in [-0.25, -0.2) is 9.18 Å². The first-order chi connectivity index (χ1) is 12.3. The molecule has 2 aliphatic rings. The van der Waals surface area contributed by atoms with E-state index in [1.807, 2.05) is 0 Å². The lowest BCUT2D eigenvalue weighted by Gasteiger charge is -2.33. The van der Waals surface area contributed by atoms with Crippen molar-refractivity contribution >= 4 is 12.0 Å². The molecule has 2 fully saturated rings. The van der Waals surface area contributed by atoms with Crippen LogP contribution in [0.5, 0.6) is 0 Å². The molecule has 1 saturated carbocycles. The SMILES string of the molecule is CCOC(=O)N1CCC(NC(=O)C2(c3ccc(F)cc3)CC2(C)C)CC1. The van der Waals surface area contributed by atoms with Crippen molar-refractivity contribution in [2.75, 3.05) is 19.7 Å². The predicted octanol–water partition coefficient (Wildman–Crippen LogP) is 3.23. The molecule has 0 spiro atoms. The largest absolute Gasteiger partial charge is 0.450 e. The van der Waals surface area contributed by atoms with Gasteiger partial charge in [-0.05, 0) is 49.3 Å². The summed E-state index contributed by atoms with van der Waals surface area (Å²) >= 11 is 0. The van der Waals surface area contributed by atoms with Crippen molar-refractivity contribution in [2.45, 2.75) is 51.5 Å². The maximum atomic E-state index is 13.3. The highest BCUT2D eigenvalue weighted by atomic mass is 19.1. The summed E-state index contributed by atoms with van der Waals surface area (Å²) in [6.45, 7) is 7.45. The summed E-state index contributed by atoms with van der Waals surface area (Å²) < 4.78 is 18.3. The van der Waals surface area contributed by atoms with Gasteiger partial charge in [0.2, 0.25) is 5.91 Å². The second-order valence-electron chi connectivity index (χ2n) is 7.91. The zero-order valence-electron chi connectivity index (χ0n) is 15.7. The van der Waals surface area contributed by atoms with Crippen LogP contribution >= 0.6 is 0 Å². The minimum Gasteiger partial charge on any atom is -0.450 e. The molecule has 0 bridgehead atoms. The molecule has 1 aliphatic carbocycles. The van der Waals surface area contributed by atoms with Crippen molar-refractivity contribution < 1.29 is 18.7 Å². The van der Waals surface area contributed by atoms with E-state index in [0.29, 0.717) is 32.5 Å². The molecule has 1 N–H and O–H groups in total. The van der Waals surface area contributed by atoms with Gasteiger partial charge in [-0.15, -0.1) is 0 Å². The molecule has 0 radical (unpaired) electrons. The van der Waals surface area contributed by atoms with Crippen LogP contribution in [0.15, 0.2) is 24.3 Å². The van der Waals surface area contributed by atoms with E-state index in [4.69, 9.17) is 4.74 Å². The van der Waals surface area contributed by atoms with Gasteiger partial charge in [0.1, 0.15) is 5.82 Å². The van der Waals surface area contributed by atoms with Gasteiger partial charge in [0.15, 0.2) is 0 Å². The Morgan fingerprint density at radius 2 is 1.81 bits per heavy atom. The Bertz CT molecular complexity index is 681. The molecule has 1 unspecified atom stereocenters. The number of hydrogen-bond acceptors (Lipinski definition) is 3. The average molecular weight is 362 g/mol. The normalized spacial score (nSPS) is 24.8. The number of halogens is 1.